The molecule has 122 valence electrons. The lowest BCUT2D eigenvalue weighted by Gasteiger charge is -2.08. The second-order valence-corrected chi connectivity index (χ2v) is 5.69. The average molecular weight is 339 g/mol. The van der Waals surface area contributed by atoms with Gasteiger partial charge in [0.1, 0.15) is 5.84 Å². The van der Waals surface area contributed by atoms with Gasteiger partial charge in [-0.2, -0.15) is 0 Å². The van der Waals surface area contributed by atoms with Crippen molar-refractivity contribution in [3.05, 3.63) is 83.4 Å². The van der Waals surface area contributed by atoms with Crippen molar-refractivity contribution in [2.24, 2.45) is 4.99 Å². The zero-order chi connectivity index (χ0) is 17.5. The molecule has 1 N–H and O–H groups in total. The van der Waals surface area contributed by atoms with Crippen molar-refractivity contribution < 1.29 is 4.79 Å². The average Bonchev–Trinajstić information content (AvgIpc) is 2.55. The molecule has 2 rings (SSSR count). The zero-order valence-electron chi connectivity index (χ0n) is 13.7. The van der Waals surface area contributed by atoms with Gasteiger partial charge >= 0.3 is 0 Å². The van der Waals surface area contributed by atoms with Crippen molar-refractivity contribution in [2.75, 3.05) is 5.32 Å². The summed E-state index contributed by atoms with van der Waals surface area (Å²) in [6.45, 7) is 7.17. The summed E-state index contributed by atoms with van der Waals surface area (Å²) in [4.78, 5) is 15.9. The molecule has 3 nitrogen and oxygen atoms in total. The third-order valence-corrected chi connectivity index (χ3v) is 3.57. The molecule has 0 atom stereocenters. The Labute approximate surface area is 147 Å². The van der Waals surface area contributed by atoms with E-state index in [4.69, 9.17) is 11.6 Å². The zero-order valence-corrected chi connectivity index (χ0v) is 14.5. The van der Waals surface area contributed by atoms with Crippen molar-refractivity contribution >= 4 is 34.6 Å². The Balaban J connectivity index is 2.20. The Morgan fingerprint density at radius 3 is 2.17 bits per heavy atom. The molecule has 0 aliphatic carbocycles. The number of rotatable bonds is 5. The molecule has 2 aromatic rings. The van der Waals surface area contributed by atoms with Gasteiger partial charge in [0, 0.05) is 21.8 Å². The number of aliphatic imine (C=N–C) groups is 1. The number of Topliss-reactive ketones (excluding diaryl/α,β-unsaturated/α-hetero) is 1. The molecule has 0 heterocycles. The molecule has 0 bridgehead atoms. The van der Waals surface area contributed by atoms with Gasteiger partial charge in [-0.1, -0.05) is 36.4 Å². The number of nitrogens with one attached hydrogen (secondary N) is 1. The first-order valence-electron chi connectivity index (χ1n) is 7.51. The second kappa shape index (κ2) is 8.27. The van der Waals surface area contributed by atoms with Gasteiger partial charge in [-0.05, 0) is 56.3 Å². The van der Waals surface area contributed by atoms with Crippen LogP contribution in [0.2, 0.25) is 5.02 Å². The van der Waals surface area contributed by atoms with Crippen LogP contribution in [0.1, 0.15) is 29.8 Å². The summed E-state index contributed by atoms with van der Waals surface area (Å²) in [7, 11) is 0. The Morgan fingerprint density at radius 2 is 1.62 bits per heavy atom. The summed E-state index contributed by atoms with van der Waals surface area (Å²) in [5.41, 5.74) is 3.29. The van der Waals surface area contributed by atoms with E-state index in [-0.39, 0.29) is 5.78 Å². The number of anilines is 1. The van der Waals surface area contributed by atoms with Crippen LogP contribution in [0.25, 0.3) is 5.70 Å². The predicted octanol–water partition coefficient (Wildman–Crippen LogP) is 5.60. The summed E-state index contributed by atoms with van der Waals surface area (Å²) >= 11 is 5.93. The molecule has 0 saturated carbocycles. The molecule has 0 amide bonds. The van der Waals surface area contributed by atoms with Crippen LogP contribution in [0, 0.1) is 0 Å². The van der Waals surface area contributed by atoms with Crippen molar-refractivity contribution in [3.8, 4) is 0 Å². The van der Waals surface area contributed by atoms with E-state index in [0.29, 0.717) is 10.6 Å². The number of hydrogen-bond donors (Lipinski definition) is 1. The van der Waals surface area contributed by atoms with Crippen LogP contribution in [0.15, 0.2) is 72.3 Å². The van der Waals surface area contributed by atoms with Crippen molar-refractivity contribution in [1.82, 2.24) is 0 Å². The van der Waals surface area contributed by atoms with Gasteiger partial charge in [0.25, 0.3) is 0 Å². The van der Waals surface area contributed by atoms with Crippen LogP contribution in [0.5, 0.6) is 0 Å². The Kier molecular flexibility index (Phi) is 6.10. The van der Waals surface area contributed by atoms with Gasteiger partial charge < -0.3 is 5.32 Å². The number of allylic oxidation sites excluding steroid dienone is 2. The fraction of sp³-hybridized carbons (Fsp3) is 0.100. The standard InChI is InChI=1S/C20H19ClN2O/c1-4-5-20(17-6-10-18(21)11-7-17)23-15(3)22-19-12-8-16(9-13-19)14(2)24/h4-13H,1H2,2-3H3,(H,22,23)/b20-5-. The summed E-state index contributed by atoms with van der Waals surface area (Å²) in [6.07, 6.45) is 3.54. The molecule has 0 spiro atoms. The number of nitrogens with zero attached hydrogens (tertiary/aromatic N) is 1. The van der Waals surface area contributed by atoms with Gasteiger partial charge in [0.2, 0.25) is 0 Å². The molecule has 0 aromatic heterocycles. The molecule has 0 fully saturated rings. The van der Waals surface area contributed by atoms with E-state index in [2.05, 4.69) is 16.9 Å². The Hall–Kier alpha value is -2.65. The molecule has 0 aliphatic heterocycles. The molecule has 0 saturated heterocycles. The van der Waals surface area contributed by atoms with E-state index in [0.717, 1.165) is 22.8 Å². The third kappa shape index (κ3) is 4.93. The maximum absolute atomic E-state index is 11.3. The fourth-order valence-electron chi connectivity index (χ4n) is 2.14. The highest BCUT2D eigenvalue weighted by Gasteiger charge is 2.02. The summed E-state index contributed by atoms with van der Waals surface area (Å²) in [5.74, 6) is 0.777. The lowest BCUT2D eigenvalue weighted by molar-refractivity contribution is 0.101. The number of amidine groups is 1. The summed E-state index contributed by atoms with van der Waals surface area (Å²) < 4.78 is 0. The fourth-order valence-corrected chi connectivity index (χ4v) is 2.26. The van der Waals surface area contributed by atoms with Crippen LogP contribution < -0.4 is 5.32 Å². The van der Waals surface area contributed by atoms with Crippen LogP contribution in [0.3, 0.4) is 0 Å². The number of ketones is 1. The van der Waals surface area contributed by atoms with Gasteiger partial charge in [0.15, 0.2) is 5.78 Å². The highest BCUT2D eigenvalue weighted by molar-refractivity contribution is 6.30. The monoisotopic (exact) mass is 338 g/mol. The number of carbonyl (C=O) groups excluding carboxylic acids is 1. The van der Waals surface area contributed by atoms with Crippen LogP contribution in [-0.2, 0) is 0 Å². The van der Waals surface area contributed by atoms with Crippen molar-refractivity contribution in [1.29, 1.82) is 0 Å². The van der Waals surface area contributed by atoms with E-state index in [1.807, 2.05) is 49.4 Å². The van der Waals surface area contributed by atoms with E-state index in [9.17, 15) is 4.79 Å². The van der Waals surface area contributed by atoms with Crippen LogP contribution in [0.4, 0.5) is 5.69 Å². The van der Waals surface area contributed by atoms with E-state index in [1.165, 1.54) is 0 Å². The molecular formula is C20H19ClN2O. The van der Waals surface area contributed by atoms with E-state index >= 15 is 0 Å². The molecular weight excluding hydrogens is 320 g/mol. The van der Waals surface area contributed by atoms with E-state index < -0.39 is 0 Å². The minimum atomic E-state index is 0.0471. The number of hydrogen-bond acceptors (Lipinski definition) is 2. The molecule has 4 heteroatoms. The Morgan fingerprint density at radius 1 is 1.04 bits per heavy atom. The normalized spacial score (nSPS) is 12.0. The SMILES string of the molecule is C=C/C=C(\N=C(C)Nc1ccc(C(C)=O)cc1)c1ccc(Cl)cc1. The largest absolute Gasteiger partial charge is 0.344 e. The number of carbonyl (C=O) groups is 1. The topological polar surface area (TPSA) is 41.5 Å². The van der Waals surface area contributed by atoms with Gasteiger partial charge in [-0.3, -0.25) is 4.79 Å². The van der Waals surface area contributed by atoms with E-state index in [1.54, 1.807) is 25.1 Å². The quantitative estimate of drug-likeness (QED) is 0.333. The highest BCUT2D eigenvalue weighted by atomic mass is 35.5. The Bertz CT molecular complexity index is 787. The van der Waals surface area contributed by atoms with Crippen molar-refractivity contribution in [2.45, 2.75) is 13.8 Å². The highest BCUT2D eigenvalue weighted by Crippen LogP contribution is 2.19. The molecule has 24 heavy (non-hydrogen) atoms. The number of benzene rings is 2. The maximum atomic E-state index is 11.3. The van der Waals surface area contributed by atoms with Gasteiger partial charge in [-0.15, -0.1) is 0 Å². The lowest BCUT2D eigenvalue weighted by atomic mass is 10.1. The second-order valence-electron chi connectivity index (χ2n) is 5.25. The summed E-state index contributed by atoms with van der Waals surface area (Å²) in [6, 6.07) is 14.8. The minimum Gasteiger partial charge on any atom is -0.344 e. The molecule has 0 unspecified atom stereocenters. The first kappa shape index (κ1) is 17.7. The van der Waals surface area contributed by atoms with Gasteiger partial charge in [-0.25, -0.2) is 4.99 Å². The summed E-state index contributed by atoms with van der Waals surface area (Å²) in [5, 5.41) is 3.90. The van der Waals surface area contributed by atoms with Gasteiger partial charge in [0.05, 0.1) is 5.70 Å². The van der Waals surface area contributed by atoms with Crippen LogP contribution >= 0.6 is 11.6 Å². The predicted molar refractivity (Wildman–Crippen MR) is 103 cm³/mol. The minimum absolute atomic E-state index is 0.0471. The lowest BCUT2D eigenvalue weighted by Crippen LogP contribution is -2.07. The molecule has 0 radical (unpaired) electrons. The first-order valence-corrected chi connectivity index (χ1v) is 7.89. The third-order valence-electron chi connectivity index (χ3n) is 3.32. The van der Waals surface area contributed by atoms with Crippen molar-refractivity contribution in [3.63, 3.8) is 0 Å². The van der Waals surface area contributed by atoms with Crippen LogP contribution in [-0.4, -0.2) is 11.6 Å². The first-order chi connectivity index (χ1) is 11.5. The number of halogens is 1. The molecule has 0 aliphatic rings. The smallest absolute Gasteiger partial charge is 0.159 e. The molecule has 2 aromatic carbocycles. The maximum Gasteiger partial charge on any atom is 0.159 e.